The lowest BCUT2D eigenvalue weighted by atomic mass is 10.1. The summed E-state index contributed by atoms with van der Waals surface area (Å²) in [5.74, 6) is 1.65. The number of amides is 1. The molecule has 0 fully saturated rings. The lowest BCUT2D eigenvalue weighted by Gasteiger charge is -2.13. The third-order valence-electron chi connectivity index (χ3n) is 4.00. The normalized spacial score (nSPS) is 11.3. The highest BCUT2D eigenvalue weighted by molar-refractivity contribution is 5.94. The van der Waals surface area contributed by atoms with Gasteiger partial charge in [-0.1, -0.05) is 19.1 Å². The van der Waals surface area contributed by atoms with E-state index >= 15 is 0 Å². The predicted molar refractivity (Wildman–Crippen MR) is 102 cm³/mol. The molecule has 0 spiro atoms. The number of rotatable bonds is 8. The van der Waals surface area contributed by atoms with Gasteiger partial charge in [0, 0.05) is 45.7 Å². The van der Waals surface area contributed by atoms with Gasteiger partial charge in [0.1, 0.15) is 12.2 Å². The average Bonchev–Trinajstić information content (AvgIpc) is 3.13. The molecule has 1 amide bonds. The third-order valence-corrected chi connectivity index (χ3v) is 4.00. The Morgan fingerprint density at radius 1 is 1.27 bits per heavy atom. The maximum atomic E-state index is 11.7. The molecule has 0 bridgehead atoms. The van der Waals surface area contributed by atoms with Crippen molar-refractivity contribution in [1.29, 1.82) is 0 Å². The van der Waals surface area contributed by atoms with Crippen LogP contribution >= 0.6 is 0 Å². The van der Waals surface area contributed by atoms with Gasteiger partial charge in [-0.3, -0.25) is 9.79 Å². The SMILES string of the molecule is CCc1nncn1CCNC(=NC)NCCc1cccc(C(=O)NC)c1. The molecule has 26 heavy (non-hydrogen) atoms. The van der Waals surface area contributed by atoms with E-state index in [2.05, 4.69) is 38.1 Å². The molecular weight excluding hydrogens is 330 g/mol. The lowest BCUT2D eigenvalue weighted by molar-refractivity contribution is 0.0963. The van der Waals surface area contributed by atoms with E-state index in [-0.39, 0.29) is 5.91 Å². The molecule has 0 saturated carbocycles. The Bertz CT molecular complexity index is 739. The van der Waals surface area contributed by atoms with Crippen LogP contribution in [0.15, 0.2) is 35.6 Å². The van der Waals surface area contributed by atoms with Crippen molar-refractivity contribution in [2.45, 2.75) is 26.3 Å². The molecule has 8 heteroatoms. The molecule has 1 heterocycles. The molecule has 8 nitrogen and oxygen atoms in total. The summed E-state index contributed by atoms with van der Waals surface area (Å²) in [6.07, 6.45) is 3.41. The van der Waals surface area contributed by atoms with Crippen LogP contribution in [-0.2, 0) is 19.4 Å². The highest BCUT2D eigenvalue weighted by atomic mass is 16.1. The second-order valence-corrected chi connectivity index (χ2v) is 5.75. The first-order chi connectivity index (χ1) is 12.7. The van der Waals surface area contributed by atoms with Gasteiger partial charge in [0.2, 0.25) is 0 Å². The largest absolute Gasteiger partial charge is 0.356 e. The summed E-state index contributed by atoms with van der Waals surface area (Å²) in [6.45, 7) is 4.30. The minimum absolute atomic E-state index is 0.0716. The first-order valence-corrected chi connectivity index (χ1v) is 8.80. The van der Waals surface area contributed by atoms with E-state index in [1.807, 2.05) is 28.8 Å². The first kappa shape index (κ1) is 19.4. The van der Waals surface area contributed by atoms with Gasteiger partial charge in [-0.2, -0.15) is 0 Å². The number of aryl methyl sites for hydroxylation is 1. The molecule has 0 aliphatic carbocycles. The van der Waals surface area contributed by atoms with Gasteiger partial charge in [0.15, 0.2) is 5.96 Å². The molecule has 3 N–H and O–H groups in total. The summed E-state index contributed by atoms with van der Waals surface area (Å²) in [7, 11) is 3.38. The monoisotopic (exact) mass is 357 g/mol. The molecule has 1 aromatic carbocycles. The predicted octanol–water partition coefficient (Wildman–Crippen LogP) is 0.608. The molecule has 0 aliphatic rings. The van der Waals surface area contributed by atoms with Crippen molar-refractivity contribution in [3.8, 4) is 0 Å². The van der Waals surface area contributed by atoms with Crippen LogP contribution in [0.4, 0.5) is 0 Å². The van der Waals surface area contributed by atoms with Crippen LogP contribution < -0.4 is 16.0 Å². The van der Waals surface area contributed by atoms with Crippen LogP contribution in [0.25, 0.3) is 0 Å². The van der Waals surface area contributed by atoms with Gasteiger partial charge in [-0.15, -0.1) is 10.2 Å². The van der Waals surface area contributed by atoms with Crippen LogP contribution in [0.1, 0.15) is 28.7 Å². The van der Waals surface area contributed by atoms with E-state index < -0.39 is 0 Å². The van der Waals surface area contributed by atoms with E-state index in [0.717, 1.165) is 49.8 Å². The fourth-order valence-corrected chi connectivity index (χ4v) is 2.59. The van der Waals surface area contributed by atoms with Gasteiger partial charge < -0.3 is 20.5 Å². The molecule has 0 aliphatic heterocycles. The number of benzene rings is 1. The Hall–Kier alpha value is -2.90. The van der Waals surface area contributed by atoms with Crippen molar-refractivity contribution in [2.75, 3.05) is 27.2 Å². The van der Waals surface area contributed by atoms with Crippen LogP contribution in [0.2, 0.25) is 0 Å². The second-order valence-electron chi connectivity index (χ2n) is 5.75. The maximum Gasteiger partial charge on any atom is 0.251 e. The number of carbonyl (C=O) groups is 1. The van der Waals surface area contributed by atoms with Crippen LogP contribution in [0, 0.1) is 0 Å². The summed E-state index contributed by atoms with van der Waals surface area (Å²) in [6, 6.07) is 7.64. The maximum absolute atomic E-state index is 11.7. The van der Waals surface area contributed by atoms with Crippen molar-refractivity contribution in [3.63, 3.8) is 0 Å². The zero-order valence-electron chi connectivity index (χ0n) is 15.6. The first-order valence-electron chi connectivity index (χ1n) is 8.80. The summed E-state index contributed by atoms with van der Waals surface area (Å²) in [5.41, 5.74) is 1.78. The van der Waals surface area contributed by atoms with E-state index in [1.165, 1.54) is 0 Å². The zero-order valence-corrected chi connectivity index (χ0v) is 15.6. The van der Waals surface area contributed by atoms with Gasteiger partial charge in [-0.25, -0.2) is 0 Å². The van der Waals surface area contributed by atoms with Crippen LogP contribution in [-0.4, -0.2) is 53.8 Å². The van der Waals surface area contributed by atoms with Crippen LogP contribution in [0.5, 0.6) is 0 Å². The molecule has 0 radical (unpaired) electrons. The number of guanidine groups is 1. The molecule has 2 rings (SSSR count). The molecule has 0 saturated heterocycles. The molecule has 0 unspecified atom stereocenters. The molecule has 1 aromatic heterocycles. The Morgan fingerprint density at radius 2 is 2.08 bits per heavy atom. The van der Waals surface area contributed by atoms with Crippen molar-refractivity contribution < 1.29 is 4.79 Å². The molecule has 0 atom stereocenters. The fraction of sp³-hybridized carbons (Fsp3) is 0.444. The Labute approximate surface area is 154 Å². The number of nitrogens with one attached hydrogen (secondary N) is 3. The van der Waals surface area contributed by atoms with E-state index in [9.17, 15) is 4.79 Å². The molecule has 2 aromatic rings. The highest BCUT2D eigenvalue weighted by Crippen LogP contribution is 2.05. The summed E-state index contributed by atoms with van der Waals surface area (Å²) >= 11 is 0. The minimum atomic E-state index is -0.0716. The van der Waals surface area contributed by atoms with Crippen molar-refractivity contribution in [2.24, 2.45) is 4.99 Å². The Morgan fingerprint density at radius 3 is 2.81 bits per heavy atom. The standard InChI is InChI=1S/C18H27N7O/c1-4-16-24-23-13-25(16)11-10-22-18(20-3)21-9-8-14-6-5-7-15(12-14)17(26)19-2/h5-7,12-13H,4,8-11H2,1-3H3,(H,19,26)(H2,20,21,22). The van der Waals surface area contributed by atoms with Gasteiger partial charge >= 0.3 is 0 Å². The average molecular weight is 357 g/mol. The fourth-order valence-electron chi connectivity index (χ4n) is 2.59. The summed E-state index contributed by atoms with van der Waals surface area (Å²) in [5, 5.41) is 17.2. The topological polar surface area (TPSA) is 96.2 Å². The van der Waals surface area contributed by atoms with Gasteiger partial charge in [0.05, 0.1) is 0 Å². The number of aliphatic imine (C=N–C) groups is 1. The Kier molecular flexibility index (Phi) is 7.60. The van der Waals surface area contributed by atoms with Gasteiger partial charge in [0.25, 0.3) is 5.91 Å². The van der Waals surface area contributed by atoms with Crippen molar-refractivity contribution in [3.05, 3.63) is 47.5 Å². The molecule has 140 valence electrons. The zero-order chi connectivity index (χ0) is 18.8. The van der Waals surface area contributed by atoms with Gasteiger partial charge in [-0.05, 0) is 24.1 Å². The summed E-state index contributed by atoms with van der Waals surface area (Å²) in [4.78, 5) is 15.9. The second kappa shape index (κ2) is 10.2. The van der Waals surface area contributed by atoms with Crippen molar-refractivity contribution in [1.82, 2.24) is 30.7 Å². The number of hydrogen-bond donors (Lipinski definition) is 3. The van der Waals surface area contributed by atoms with E-state index in [4.69, 9.17) is 0 Å². The quantitative estimate of drug-likeness (QED) is 0.475. The number of carbonyl (C=O) groups excluding carboxylic acids is 1. The third kappa shape index (κ3) is 5.58. The number of hydrogen-bond acceptors (Lipinski definition) is 4. The summed E-state index contributed by atoms with van der Waals surface area (Å²) < 4.78 is 2.03. The Balaban J connectivity index is 1.76. The van der Waals surface area contributed by atoms with E-state index in [0.29, 0.717) is 5.56 Å². The number of nitrogens with zero attached hydrogens (tertiary/aromatic N) is 4. The minimum Gasteiger partial charge on any atom is -0.356 e. The smallest absolute Gasteiger partial charge is 0.251 e. The van der Waals surface area contributed by atoms with Crippen molar-refractivity contribution >= 4 is 11.9 Å². The lowest BCUT2D eigenvalue weighted by Crippen LogP contribution is -2.39. The molecular formula is C18H27N7O. The highest BCUT2D eigenvalue weighted by Gasteiger charge is 2.05. The van der Waals surface area contributed by atoms with Crippen LogP contribution in [0.3, 0.4) is 0 Å². The number of aromatic nitrogens is 3. The van der Waals surface area contributed by atoms with E-state index in [1.54, 1.807) is 20.4 Å².